The zero-order valence-corrected chi connectivity index (χ0v) is 9.29. The Bertz CT molecular complexity index is 374. The highest BCUT2D eigenvalue weighted by atomic mass is 32.2. The van der Waals surface area contributed by atoms with Gasteiger partial charge in [0.1, 0.15) is 0 Å². The molecule has 0 bridgehead atoms. The lowest BCUT2D eigenvalue weighted by Crippen LogP contribution is -2.34. The van der Waals surface area contributed by atoms with E-state index in [1.807, 2.05) is 0 Å². The van der Waals surface area contributed by atoms with E-state index >= 15 is 0 Å². The number of imidazole rings is 1. The lowest BCUT2D eigenvalue weighted by atomic mass is 10.4. The van der Waals surface area contributed by atoms with Gasteiger partial charge in [-0.3, -0.25) is 0 Å². The van der Waals surface area contributed by atoms with Crippen LogP contribution >= 0.6 is 0 Å². The summed E-state index contributed by atoms with van der Waals surface area (Å²) in [6.45, 7) is 0.840. The quantitative estimate of drug-likeness (QED) is 0.607. The van der Waals surface area contributed by atoms with Gasteiger partial charge in [-0.05, 0) is 13.0 Å². The third-order valence-corrected chi connectivity index (χ3v) is 3.27. The third-order valence-electron chi connectivity index (χ3n) is 1.81. The number of nitrogens with two attached hydrogens (primary N) is 1. The summed E-state index contributed by atoms with van der Waals surface area (Å²) in [4.78, 5) is 6.42. The number of aromatic nitrogens is 2. The van der Waals surface area contributed by atoms with Crippen LogP contribution in [0, 0.1) is 0 Å². The van der Waals surface area contributed by atoms with Crippen molar-refractivity contribution >= 4 is 16.2 Å². The number of hydrogen-bond acceptors (Lipinski definition) is 4. The van der Waals surface area contributed by atoms with Crippen LogP contribution < -0.4 is 10.5 Å². The molecule has 0 atom stereocenters. The predicted octanol–water partition coefficient (Wildman–Crippen LogP) is -0.653. The number of hydrogen-bond donors (Lipinski definition) is 3. The summed E-state index contributed by atoms with van der Waals surface area (Å²) >= 11 is 0. The molecule has 1 aromatic rings. The highest BCUT2D eigenvalue weighted by molar-refractivity contribution is 7.90. The van der Waals surface area contributed by atoms with Crippen LogP contribution in [0.1, 0.15) is 6.42 Å². The molecule has 15 heavy (non-hydrogen) atoms. The molecule has 0 fully saturated rings. The molecule has 0 spiro atoms. The van der Waals surface area contributed by atoms with Crippen molar-refractivity contribution in [1.82, 2.24) is 14.3 Å². The molecule has 1 heterocycles. The molecule has 0 radical (unpaired) electrons. The number of rotatable bonds is 6. The van der Waals surface area contributed by atoms with Crippen molar-refractivity contribution < 1.29 is 8.42 Å². The molecule has 8 heteroatoms. The van der Waals surface area contributed by atoms with Gasteiger partial charge in [-0.15, -0.1) is 0 Å². The van der Waals surface area contributed by atoms with Gasteiger partial charge in [0.25, 0.3) is 0 Å². The van der Waals surface area contributed by atoms with E-state index in [1.165, 1.54) is 23.7 Å². The largest absolute Gasteiger partial charge is 0.330 e. The van der Waals surface area contributed by atoms with Gasteiger partial charge in [0, 0.05) is 26.0 Å². The van der Waals surface area contributed by atoms with Crippen LogP contribution in [0.5, 0.6) is 0 Å². The molecule has 0 saturated carbocycles. The normalized spacial score (nSPS) is 11.9. The van der Waals surface area contributed by atoms with Crippen LogP contribution in [-0.2, 0) is 10.2 Å². The Morgan fingerprint density at radius 1 is 1.67 bits per heavy atom. The maximum atomic E-state index is 11.6. The highest BCUT2D eigenvalue weighted by Gasteiger charge is 2.17. The Morgan fingerprint density at radius 3 is 2.93 bits per heavy atom. The van der Waals surface area contributed by atoms with Crippen LogP contribution in [-0.4, -0.2) is 42.8 Å². The molecule has 0 unspecified atom stereocenters. The Labute approximate surface area is 88.9 Å². The average molecular weight is 233 g/mol. The number of aromatic amines is 1. The number of H-pyrrole nitrogens is 1. The minimum atomic E-state index is -3.52. The molecule has 0 aliphatic rings. The molecule has 0 aromatic carbocycles. The fraction of sp³-hybridized carbons (Fsp3) is 0.571. The molecule has 7 nitrogen and oxygen atoms in total. The zero-order chi connectivity index (χ0) is 11.3. The minimum Gasteiger partial charge on any atom is -0.330 e. The lowest BCUT2D eigenvalue weighted by molar-refractivity contribution is 0.468. The van der Waals surface area contributed by atoms with Crippen LogP contribution in [0.4, 0.5) is 5.95 Å². The van der Waals surface area contributed by atoms with Crippen LogP contribution in [0.3, 0.4) is 0 Å². The highest BCUT2D eigenvalue weighted by Crippen LogP contribution is 2.03. The van der Waals surface area contributed by atoms with Crippen molar-refractivity contribution in [2.24, 2.45) is 5.73 Å². The minimum absolute atomic E-state index is 0.203. The van der Waals surface area contributed by atoms with Gasteiger partial charge in [-0.1, -0.05) is 0 Å². The predicted molar refractivity (Wildman–Crippen MR) is 57.4 cm³/mol. The Morgan fingerprint density at radius 2 is 2.40 bits per heavy atom. The van der Waals surface area contributed by atoms with Gasteiger partial charge in [0.15, 0.2) is 0 Å². The first-order chi connectivity index (χ1) is 7.06. The second-order valence-electron chi connectivity index (χ2n) is 3.01. The van der Waals surface area contributed by atoms with E-state index < -0.39 is 10.2 Å². The Kier molecular flexibility index (Phi) is 4.06. The fourth-order valence-electron chi connectivity index (χ4n) is 0.955. The molecule has 0 aliphatic carbocycles. The molecule has 0 aliphatic heterocycles. The summed E-state index contributed by atoms with van der Waals surface area (Å²) in [5, 5.41) is 0. The van der Waals surface area contributed by atoms with E-state index in [4.69, 9.17) is 5.73 Å². The maximum Gasteiger partial charge on any atom is 0.303 e. The second-order valence-corrected chi connectivity index (χ2v) is 4.79. The molecular weight excluding hydrogens is 218 g/mol. The van der Waals surface area contributed by atoms with Crippen LogP contribution in [0.25, 0.3) is 0 Å². The van der Waals surface area contributed by atoms with E-state index in [1.54, 1.807) is 0 Å². The van der Waals surface area contributed by atoms with E-state index in [2.05, 4.69) is 14.7 Å². The van der Waals surface area contributed by atoms with Crippen molar-refractivity contribution in [1.29, 1.82) is 0 Å². The fourth-order valence-corrected chi connectivity index (χ4v) is 1.84. The van der Waals surface area contributed by atoms with Gasteiger partial charge < -0.3 is 10.7 Å². The van der Waals surface area contributed by atoms with Crippen molar-refractivity contribution in [2.45, 2.75) is 6.42 Å². The smallest absolute Gasteiger partial charge is 0.303 e. The van der Waals surface area contributed by atoms with Gasteiger partial charge >= 0.3 is 10.2 Å². The van der Waals surface area contributed by atoms with E-state index in [0.29, 0.717) is 19.5 Å². The van der Waals surface area contributed by atoms with Crippen LogP contribution in [0.2, 0.25) is 0 Å². The summed E-state index contributed by atoms with van der Waals surface area (Å²) in [6, 6.07) is 0. The summed E-state index contributed by atoms with van der Waals surface area (Å²) < 4.78 is 26.7. The monoisotopic (exact) mass is 233 g/mol. The van der Waals surface area contributed by atoms with E-state index in [9.17, 15) is 8.42 Å². The Hall–Kier alpha value is -1.12. The summed E-state index contributed by atoms with van der Waals surface area (Å²) in [6.07, 6.45) is 3.63. The molecular formula is C7H15N5O2S. The molecule has 1 aromatic heterocycles. The molecule has 86 valence electrons. The number of nitrogens with one attached hydrogen (secondary N) is 2. The SMILES string of the molecule is CN(CCCN)S(=O)(=O)Nc1ncc[nH]1. The maximum absolute atomic E-state index is 11.6. The summed E-state index contributed by atoms with van der Waals surface area (Å²) in [7, 11) is -2.03. The van der Waals surface area contributed by atoms with E-state index in [0.717, 1.165) is 0 Å². The first-order valence-electron chi connectivity index (χ1n) is 4.50. The van der Waals surface area contributed by atoms with Crippen molar-refractivity contribution in [2.75, 3.05) is 24.9 Å². The van der Waals surface area contributed by atoms with Crippen molar-refractivity contribution in [3.8, 4) is 0 Å². The van der Waals surface area contributed by atoms with Gasteiger partial charge in [0.2, 0.25) is 5.95 Å². The second kappa shape index (κ2) is 5.10. The molecule has 0 amide bonds. The average Bonchev–Trinajstić information content (AvgIpc) is 2.65. The van der Waals surface area contributed by atoms with Crippen molar-refractivity contribution in [3.63, 3.8) is 0 Å². The summed E-state index contributed by atoms with van der Waals surface area (Å²) in [5.41, 5.74) is 5.30. The Balaban J connectivity index is 2.59. The van der Waals surface area contributed by atoms with E-state index in [-0.39, 0.29) is 5.95 Å². The van der Waals surface area contributed by atoms with Gasteiger partial charge in [0.05, 0.1) is 0 Å². The first kappa shape index (κ1) is 12.0. The first-order valence-corrected chi connectivity index (χ1v) is 5.94. The third kappa shape index (κ3) is 3.50. The molecule has 1 rings (SSSR count). The van der Waals surface area contributed by atoms with Gasteiger partial charge in [-0.2, -0.15) is 12.7 Å². The number of anilines is 1. The van der Waals surface area contributed by atoms with Crippen molar-refractivity contribution in [3.05, 3.63) is 12.4 Å². The lowest BCUT2D eigenvalue weighted by Gasteiger charge is -2.16. The standard InChI is InChI=1S/C7H15N5O2S/c1-12(6-2-3-8)15(13,14)11-7-9-4-5-10-7/h4-5H,2-3,6,8H2,1H3,(H2,9,10,11). The zero-order valence-electron chi connectivity index (χ0n) is 8.47. The van der Waals surface area contributed by atoms with Crippen LogP contribution in [0.15, 0.2) is 12.4 Å². The molecule has 0 saturated heterocycles. The number of nitrogens with zero attached hydrogens (tertiary/aromatic N) is 2. The summed E-state index contributed by atoms with van der Waals surface area (Å²) in [5.74, 6) is 0.203. The molecule has 4 N–H and O–H groups in total. The topological polar surface area (TPSA) is 104 Å². The van der Waals surface area contributed by atoms with Gasteiger partial charge in [-0.25, -0.2) is 9.71 Å².